The number of carbonyl (C=O) groups is 1. The smallest absolute Gasteiger partial charge is 0.256 e. The van der Waals surface area contributed by atoms with Crippen LogP contribution in [0.2, 0.25) is 5.15 Å². The van der Waals surface area contributed by atoms with E-state index in [9.17, 15) is 9.90 Å². The van der Waals surface area contributed by atoms with Crippen LogP contribution in [0.25, 0.3) is 0 Å². The third-order valence-corrected chi connectivity index (χ3v) is 7.91. The first-order chi connectivity index (χ1) is 12.5. The first-order valence-electron chi connectivity index (χ1n) is 10.3. The number of hydrogen-bond acceptors (Lipinski definition) is 3. The molecule has 3 unspecified atom stereocenters. The van der Waals surface area contributed by atoms with Crippen molar-refractivity contribution in [2.24, 2.45) is 17.8 Å². The van der Waals surface area contributed by atoms with E-state index in [1.807, 2.05) is 4.68 Å². The summed E-state index contributed by atoms with van der Waals surface area (Å²) in [4.78, 5) is 12.9. The topological polar surface area (TPSA) is 67.2 Å². The van der Waals surface area contributed by atoms with Crippen molar-refractivity contribution in [2.45, 2.75) is 81.9 Å². The van der Waals surface area contributed by atoms with Crippen molar-refractivity contribution < 1.29 is 9.90 Å². The molecule has 0 aromatic carbocycles. The number of rotatable bonds is 3. The highest BCUT2D eigenvalue weighted by Gasteiger charge is 2.53. The number of halogens is 1. The van der Waals surface area contributed by atoms with E-state index in [1.54, 1.807) is 6.20 Å². The van der Waals surface area contributed by atoms with Gasteiger partial charge in [-0.3, -0.25) is 9.48 Å². The Morgan fingerprint density at radius 3 is 2.85 bits per heavy atom. The molecule has 5 nitrogen and oxygen atoms in total. The van der Waals surface area contributed by atoms with Crippen molar-refractivity contribution in [3.8, 4) is 0 Å². The zero-order valence-electron chi connectivity index (χ0n) is 15.2. The number of hydrogen-bond donors (Lipinski definition) is 2. The van der Waals surface area contributed by atoms with E-state index in [4.69, 9.17) is 11.6 Å². The van der Waals surface area contributed by atoms with Gasteiger partial charge >= 0.3 is 0 Å². The van der Waals surface area contributed by atoms with Crippen LogP contribution in [0.1, 0.15) is 80.6 Å². The predicted molar refractivity (Wildman–Crippen MR) is 99.1 cm³/mol. The highest BCUT2D eigenvalue weighted by Crippen LogP contribution is 2.55. The minimum Gasteiger partial charge on any atom is -0.390 e. The van der Waals surface area contributed by atoms with Crippen LogP contribution in [0.3, 0.4) is 0 Å². The molecule has 1 heterocycles. The van der Waals surface area contributed by atoms with Crippen LogP contribution in [0.15, 0.2) is 6.20 Å². The molecular formula is C20H28ClN3O2. The molecule has 4 saturated carbocycles. The number of aromatic nitrogens is 2. The number of aliphatic hydroxyl groups is 1. The van der Waals surface area contributed by atoms with Crippen LogP contribution in [0.5, 0.6) is 0 Å². The van der Waals surface area contributed by atoms with Crippen molar-refractivity contribution in [1.82, 2.24) is 15.1 Å². The van der Waals surface area contributed by atoms with Gasteiger partial charge in [-0.1, -0.05) is 24.4 Å². The lowest BCUT2D eigenvalue weighted by atomic mass is 9.77. The Balaban J connectivity index is 1.33. The van der Waals surface area contributed by atoms with Crippen molar-refractivity contribution in [3.05, 3.63) is 16.9 Å². The molecule has 0 saturated heterocycles. The largest absolute Gasteiger partial charge is 0.390 e. The minimum absolute atomic E-state index is 0.0996. The number of amides is 1. The maximum absolute atomic E-state index is 12.9. The van der Waals surface area contributed by atoms with E-state index >= 15 is 0 Å². The molecule has 5 rings (SSSR count). The average Bonchev–Trinajstić information content (AvgIpc) is 3.27. The number of carbonyl (C=O) groups excluding carboxylic acids is 1. The van der Waals surface area contributed by atoms with E-state index in [2.05, 4.69) is 10.4 Å². The molecule has 6 heteroatoms. The Hall–Kier alpha value is -1.07. The van der Waals surface area contributed by atoms with Gasteiger partial charge in [-0.2, -0.15) is 5.10 Å². The highest BCUT2D eigenvalue weighted by atomic mass is 35.5. The van der Waals surface area contributed by atoms with Crippen LogP contribution >= 0.6 is 11.6 Å². The van der Waals surface area contributed by atoms with E-state index in [1.165, 1.54) is 19.3 Å². The second-order valence-corrected chi connectivity index (χ2v) is 9.61. The number of fused-ring (bicyclic) bond motifs is 2. The van der Waals surface area contributed by atoms with E-state index in [0.29, 0.717) is 34.5 Å². The van der Waals surface area contributed by atoms with Crippen LogP contribution in [0.4, 0.5) is 0 Å². The molecule has 3 bridgehead atoms. The molecule has 4 aliphatic carbocycles. The van der Waals surface area contributed by atoms with Crippen molar-refractivity contribution in [1.29, 1.82) is 0 Å². The Morgan fingerprint density at radius 2 is 2.04 bits per heavy atom. The van der Waals surface area contributed by atoms with Gasteiger partial charge in [0.25, 0.3) is 5.91 Å². The maximum atomic E-state index is 12.9. The van der Waals surface area contributed by atoms with Gasteiger partial charge in [0.15, 0.2) is 0 Å². The summed E-state index contributed by atoms with van der Waals surface area (Å²) in [6.07, 6.45) is 12.3. The normalized spacial score (nSPS) is 39.3. The fourth-order valence-electron chi connectivity index (χ4n) is 6.45. The van der Waals surface area contributed by atoms with Gasteiger partial charge in [-0.05, 0) is 69.1 Å². The molecule has 142 valence electrons. The summed E-state index contributed by atoms with van der Waals surface area (Å²) in [6, 6.07) is 0.486. The molecule has 0 aliphatic heterocycles. The Kier molecular flexibility index (Phi) is 4.09. The first kappa shape index (κ1) is 17.1. The fraction of sp³-hybridized carbons (Fsp3) is 0.800. The molecule has 0 spiro atoms. The van der Waals surface area contributed by atoms with Gasteiger partial charge in [0.1, 0.15) is 5.15 Å². The molecule has 1 aromatic heterocycles. The van der Waals surface area contributed by atoms with Crippen LogP contribution in [-0.4, -0.2) is 32.4 Å². The lowest BCUT2D eigenvalue weighted by Crippen LogP contribution is -2.42. The molecule has 4 aliphatic rings. The Bertz CT molecular complexity index is 714. The number of nitrogens with zero attached hydrogens (tertiary/aromatic N) is 2. The molecule has 5 atom stereocenters. The molecule has 2 N–H and O–H groups in total. The van der Waals surface area contributed by atoms with Gasteiger partial charge < -0.3 is 10.4 Å². The van der Waals surface area contributed by atoms with E-state index in [-0.39, 0.29) is 11.9 Å². The van der Waals surface area contributed by atoms with Crippen LogP contribution in [-0.2, 0) is 0 Å². The quantitative estimate of drug-likeness (QED) is 0.843. The number of nitrogens with one attached hydrogen (secondary N) is 1. The summed E-state index contributed by atoms with van der Waals surface area (Å²) in [7, 11) is 0. The van der Waals surface area contributed by atoms with Crippen LogP contribution in [0, 0.1) is 17.8 Å². The van der Waals surface area contributed by atoms with Gasteiger partial charge in [-0.15, -0.1) is 0 Å². The van der Waals surface area contributed by atoms with Crippen LogP contribution < -0.4 is 5.32 Å². The van der Waals surface area contributed by atoms with E-state index < -0.39 is 5.60 Å². The summed E-state index contributed by atoms with van der Waals surface area (Å²) in [5.74, 6) is 1.49. The second kappa shape index (κ2) is 6.23. The lowest BCUT2D eigenvalue weighted by Gasteiger charge is -2.33. The zero-order valence-corrected chi connectivity index (χ0v) is 15.9. The summed E-state index contributed by atoms with van der Waals surface area (Å²) >= 11 is 6.51. The molecule has 0 radical (unpaired) electrons. The van der Waals surface area contributed by atoms with Crippen molar-refractivity contribution in [2.75, 3.05) is 0 Å². The van der Waals surface area contributed by atoms with E-state index in [0.717, 1.165) is 44.9 Å². The van der Waals surface area contributed by atoms with Gasteiger partial charge in [0.2, 0.25) is 0 Å². The van der Waals surface area contributed by atoms with Gasteiger partial charge in [0, 0.05) is 6.04 Å². The summed E-state index contributed by atoms with van der Waals surface area (Å²) in [6.45, 7) is 0. The lowest BCUT2D eigenvalue weighted by molar-refractivity contribution is -0.00594. The zero-order chi connectivity index (χ0) is 17.9. The molecule has 1 amide bonds. The SMILES string of the molecule is O=C(N[C@H]1CCC2CC3C[C@](O)(C2)CC31)c1cnn(C2CCCC2)c1Cl. The summed E-state index contributed by atoms with van der Waals surface area (Å²) < 4.78 is 1.84. The minimum atomic E-state index is -0.480. The Morgan fingerprint density at radius 1 is 1.23 bits per heavy atom. The molecule has 26 heavy (non-hydrogen) atoms. The summed E-state index contributed by atoms with van der Waals surface area (Å²) in [5.41, 5.74) is 0.0216. The third-order valence-electron chi connectivity index (χ3n) is 7.54. The third kappa shape index (κ3) is 2.78. The fourth-order valence-corrected chi connectivity index (χ4v) is 6.77. The predicted octanol–water partition coefficient (Wildman–Crippen LogP) is 3.71. The first-order valence-corrected chi connectivity index (χ1v) is 10.7. The Labute approximate surface area is 159 Å². The molecule has 1 aromatic rings. The van der Waals surface area contributed by atoms with Gasteiger partial charge in [-0.25, -0.2) is 0 Å². The average molecular weight is 378 g/mol. The molecular weight excluding hydrogens is 350 g/mol. The van der Waals surface area contributed by atoms with Crippen molar-refractivity contribution >= 4 is 17.5 Å². The van der Waals surface area contributed by atoms with Crippen molar-refractivity contribution in [3.63, 3.8) is 0 Å². The monoisotopic (exact) mass is 377 g/mol. The highest BCUT2D eigenvalue weighted by molar-refractivity contribution is 6.32. The summed E-state index contributed by atoms with van der Waals surface area (Å²) in [5, 5.41) is 19.0. The molecule has 4 fully saturated rings. The van der Waals surface area contributed by atoms with Gasteiger partial charge in [0.05, 0.1) is 23.4 Å². The standard InChI is InChI=1S/C20H28ClN3O2/c21-18-16(11-22-24(18)14-3-1-2-4-14)19(25)23-17-6-5-12-7-13-9-20(26,8-12)10-15(13)17/h11-15,17,26H,1-10H2,(H,23,25)/t12?,13?,15?,17-,20+/m0/s1. The maximum Gasteiger partial charge on any atom is 0.256 e. The second-order valence-electron chi connectivity index (χ2n) is 9.25.